The molecule has 0 bridgehead atoms. The number of anilines is 1. The van der Waals surface area contributed by atoms with Gasteiger partial charge in [-0.25, -0.2) is 9.78 Å². The van der Waals surface area contributed by atoms with E-state index in [4.69, 9.17) is 0 Å². The molecule has 0 atom stereocenters. The van der Waals surface area contributed by atoms with Gasteiger partial charge in [-0.15, -0.1) is 0 Å². The number of nitrogens with one attached hydrogen (secondary N) is 1. The minimum absolute atomic E-state index is 0.0640. The number of nitrogens with zero attached hydrogens (tertiary/aromatic N) is 3. The fourth-order valence-corrected chi connectivity index (χ4v) is 2.70. The first-order chi connectivity index (χ1) is 9.61. The zero-order valence-corrected chi connectivity index (χ0v) is 11.1. The van der Waals surface area contributed by atoms with Crippen LogP contribution in [-0.2, 0) is 4.79 Å². The molecule has 0 aromatic carbocycles. The summed E-state index contributed by atoms with van der Waals surface area (Å²) < 4.78 is 1.95. The number of aromatic nitrogens is 2. The van der Waals surface area contributed by atoms with Crippen LogP contribution in [0.1, 0.15) is 30.0 Å². The third-order valence-electron chi connectivity index (χ3n) is 3.81. The van der Waals surface area contributed by atoms with Crippen molar-refractivity contribution in [2.24, 2.45) is 0 Å². The lowest BCUT2D eigenvalue weighted by Crippen LogP contribution is -2.28. The Labute approximate surface area is 115 Å². The van der Waals surface area contributed by atoms with Crippen molar-refractivity contribution in [3.63, 3.8) is 0 Å². The number of carbonyl (C=O) groups excluding carboxylic acids is 2. The van der Waals surface area contributed by atoms with E-state index in [0.717, 1.165) is 11.3 Å². The van der Waals surface area contributed by atoms with Crippen LogP contribution in [0.5, 0.6) is 0 Å². The van der Waals surface area contributed by atoms with Crippen LogP contribution in [-0.4, -0.2) is 27.9 Å². The van der Waals surface area contributed by atoms with Crippen molar-refractivity contribution in [3.05, 3.63) is 29.7 Å². The molecule has 6 heteroatoms. The molecule has 1 aliphatic heterocycles. The SMILES string of the molecule is Cc1cn2cc(C3CC3)cc(N3CC(=O)NC3=O)c2n1. The van der Waals surface area contributed by atoms with Crippen LogP contribution in [0.4, 0.5) is 10.5 Å². The highest BCUT2D eigenvalue weighted by Gasteiger charge is 2.32. The minimum atomic E-state index is -0.370. The van der Waals surface area contributed by atoms with Crippen LogP contribution in [0.2, 0.25) is 0 Å². The first-order valence-electron chi connectivity index (χ1n) is 6.72. The molecule has 1 saturated heterocycles. The molecule has 0 spiro atoms. The second kappa shape index (κ2) is 3.82. The third kappa shape index (κ3) is 1.68. The fourth-order valence-electron chi connectivity index (χ4n) is 2.70. The quantitative estimate of drug-likeness (QED) is 0.842. The number of pyridine rings is 1. The molecular formula is C14H14N4O2. The summed E-state index contributed by atoms with van der Waals surface area (Å²) in [6.45, 7) is 1.98. The van der Waals surface area contributed by atoms with Crippen molar-refractivity contribution < 1.29 is 9.59 Å². The lowest BCUT2D eigenvalue weighted by atomic mass is 10.1. The number of hydrogen-bond acceptors (Lipinski definition) is 3. The van der Waals surface area contributed by atoms with Gasteiger partial charge in [0.05, 0.1) is 11.4 Å². The van der Waals surface area contributed by atoms with E-state index in [1.807, 2.05) is 23.6 Å². The molecule has 3 heterocycles. The summed E-state index contributed by atoms with van der Waals surface area (Å²) in [4.78, 5) is 29.2. The van der Waals surface area contributed by atoms with Crippen LogP contribution in [0.15, 0.2) is 18.5 Å². The van der Waals surface area contributed by atoms with E-state index < -0.39 is 0 Å². The van der Waals surface area contributed by atoms with Crippen LogP contribution in [0.25, 0.3) is 5.65 Å². The topological polar surface area (TPSA) is 66.7 Å². The van der Waals surface area contributed by atoms with Gasteiger partial charge in [0, 0.05) is 12.4 Å². The van der Waals surface area contributed by atoms with E-state index in [2.05, 4.69) is 16.5 Å². The molecular weight excluding hydrogens is 256 g/mol. The fraction of sp³-hybridized carbons (Fsp3) is 0.357. The molecule has 1 N–H and O–H groups in total. The summed E-state index contributed by atoms with van der Waals surface area (Å²) in [5, 5.41) is 2.31. The van der Waals surface area contributed by atoms with E-state index in [1.165, 1.54) is 23.3 Å². The number of imidazole rings is 1. The molecule has 102 valence electrons. The molecule has 1 saturated carbocycles. The summed E-state index contributed by atoms with van der Waals surface area (Å²) in [6, 6.07) is 1.63. The molecule has 2 aromatic heterocycles. The predicted molar refractivity (Wildman–Crippen MR) is 72.8 cm³/mol. The maximum Gasteiger partial charge on any atom is 0.329 e. The number of fused-ring (bicyclic) bond motifs is 1. The van der Waals surface area contributed by atoms with Gasteiger partial charge in [-0.1, -0.05) is 0 Å². The Morgan fingerprint density at radius 2 is 2.10 bits per heavy atom. The second-order valence-corrected chi connectivity index (χ2v) is 5.49. The average Bonchev–Trinajstić information content (AvgIpc) is 3.09. The van der Waals surface area contributed by atoms with Crippen molar-refractivity contribution in [3.8, 4) is 0 Å². The summed E-state index contributed by atoms with van der Waals surface area (Å²) in [7, 11) is 0. The monoisotopic (exact) mass is 270 g/mol. The smallest absolute Gasteiger partial charge is 0.305 e. The third-order valence-corrected chi connectivity index (χ3v) is 3.81. The van der Waals surface area contributed by atoms with E-state index in [-0.39, 0.29) is 18.5 Å². The van der Waals surface area contributed by atoms with Gasteiger partial charge in [0.2, 0.25) is 5.91 Å². The summed E-state index contributed by atoms with van der Waals surface area (Å²) in [5.74, 6) is 0.301. The molecule has 1 aliphatic carbocycles. The minimum Gasteiger partial charge on any atom is -0.305 e. The van der Waals surface area contributed by atoms with E-state index >= 15 is 0 Å². The van der Waals surface area contributed by atoms with Gasteiger partial charge in [0.1, 0.15) is 6.54 Å². The Morgan fingerprint density at radius 1 is 1.30 bits per heavy atom. The van der Waals surface area contributed by atoms with Gasteiger partial charge >= 0.3 is 6.03 Å². The molecule has 3 amide bonds. The van der Waals surface area contributed by atoms with Crippen molar-refractivity contribution in [1.29, 1.82) is 0 Å². The normalized spacial score (nSPS) is 18.9. The highest BCUT2D eigenvalue weighted by Crippen LogP contribution is 2.41. The molecule has 2 fully saturated rings. The summed E-state index contributed by atoms with van der Waals surface area (Å²) in [5.41, 5.74) is 3.53. The molecule has 4 rings (SSSR count). The van der Waals surface area contributed by atoms with Crippen LogP contribution >= 0.6 is 0 Å². The Bertz CT molecular complexity index is 745. The van der Waals surface area contributed by atoms with Crippen LogP contribution < -0.4 is 10.2 Å². The Kier molecular flexibility index (Phi) is 2.19. The van der Waals surface area contributed by atoms with Crippen molar-refractivity contribution >= 4 is 23.3 Å². The molecule has 0 unspecified atom stereocenters. The lowest BCUT2D eigenvalue weighted by Gasteiger charge is -2.15. The number of imide groups is 1. The van der Waals surface area contributed by atoms with Gasteiger partial charge in [-0.3, -0.25) is 15.0 Å². The predicted octanol–water partition coefficient (Wildman–Crippen LogP) is 1.58. The number of hydrogen-bond donors (Lipinski definition) is 1. The number of urea groups is 1. The largest absolute Gasteiger partial charge is 0.329 e. The first kappa shape index (κ1) is 11.5. The molecule has 2 aliphatic rings. The maximum atomic E-state index is 11.9. The standard InChI is InChI=1S/C14H14N4O2/c1-8-5-17-6-10(9-2-3-9)4-11(13(17)15-8)18-7-12(19)16-14(18)20/h4-6,9H,2-3,7H2,1H3,(H,16,19,20). The van der Waals surface area contributed by atoms with Crippen molar-refractivity contribution in [2.45, 2.75) is 25.7 Å². The zero-order valence-electron chi connectivity index (χ0n) is 11.1. The van der Waals surface area contributed by atoms with Gasteiger partial charge < -0.3 is 4.40 Å². The summed E-state index contributed by atoms with van der Waals surface area (Å²) >= 11 is 0. The molecule has 0 radical (unpaired) electrons. The second-order valence-electron chi connectivity index (χ2n) is 5.49. The highest BCUT2D eigenvalue weighted by molar-refractivity contribution is 6.13. The van der Waals surface area contributed by atoms with Crippen LogP contribution in [0.3, 0.4) is 0 Å². The molecule has 2 aromatic rings. The Hall–Kier alpha value is -2.37. The summed E-state index contributed by atoms with van der Waals surface area (Å²) in [6.07, 6.45) is 6.39. The van der Waals surface area contributed by atoms with E-state index in [0.29, 0.717) is 11.6 Å². The van der Waals surface area contributed by atoms with Crippen LogP contribution in [0, 0.1) is 6.92 Å². The average molecular weight is 270 g/mol. The number of aryl methyl sites for hydroxylation is 1. The van der Waals surface area contributed by atoms with Crippen molar-refractivity contribution in [2.75, 3.05) is 11.4 Å². The van der Waals surface area contributed by atoms with E-state index in [1.54, 1.807) is 0 Å². The molecule has 20 heavy (non-hydrogen) atoms. The highest BCUT2D eigenvalue weighted by atomic mass is 16.2. The van der Waals surface area contributed by atoms with Gasteiger partial charge in [-0.05, 0) is 37.3 Å². The molecule has 6 nitrogen and oxygen atoms in total. The van der Waals surface area contributed by atoms with E-state index in [9.17, 15) is 9.59 Å². The van der Waals surface area contributed by atoms with Crippen molar-refractivity contribution in [1.82, 2.24) is 14.7 Å². The number of carbonyl (C=O) groups is 2. The first-order valence-corrected chi connectivity index (χ1v) is 6.72. The Balaban J connectivity index is 1.91. The maximum absolute atomic E-state index is 11.9. The van der Waals surface area contributed by atoms with Gasteiger partial charge in [0.25, 0.3) is 0 Å². The Morgan fingerprint density at radius 3 is 2.75 bits per heavy atom. The lowest BCUT2D eigenvalue weighted by molar-refractivity contribution is -0.117. The zero-order chi connectivity index (χ0) is 13.9. The number of amides is 3. The number of rotatable bonds is 2. The van der Waals surface area contributed by atoms with Gasteiger partial charge in [0.15, 0.2) is 5.65 Å². The van der Waals surface area contributed by atoms with Gasteiger partial charge in [-0.2, -0.15) is 0 Å².